The van der Waals surface area contributed by atoms with Gasteiger partial charge in [0.25, 0.3) is 0 Å². The van der Waals surface area contributed by atoms with Crippen LogP contribution in [0.25, 0.3) is 0 Å². The fraction of sp³-hybridized carbons (Fsp3) is 0.526. The zero-order chi connectivity index (χ0) is 17.4. The van der Waals surface area contributed by atoms with Crippen LogP contribution in [0.4, 0.5) is 5.95 Å². The molecule has 132 valence electrons. The van der Waals surface area contributed by atoms with Gasteiger partial charge >= 0.3 is 0 Å². The summed E-state index contributed by atoms with van der Waals surface area (Å²) >= 11 is 1.69. The first-order chi connectivity index (χ1) is 12.1. The van der Waals surface area contributed by atoms with Gasteiger partial charge in [0, 0.05) is 44.5 Å². The Labute approximate surface area is 152 Å². The molecule has 0 N–H and O–H groups in total. The Morgan fingerprint density at radius 1 is 1.40 bits per heavy atom. The fourth-order valence-electron chi connectivity index (χ4n) is 4.06. The summed E-state index contributed by atoms with van der Waals surface area (Å²) in [6.07, 6.45) is 5.20. The first-order valence-electron chi connectivity index (χ1n) is 8.90. The Hall–Kier alpha value is -1.95. The Morgan fingerprint density at radius 2 is 2.20 bits per heavy atom. The summed E-state index contributed by atoms with van der Waals surface area (Å²) in [6.45, 7) is 6.40. The molecule has 3 heterocycles. The second-order valence-corrected chi connectivity index (χ2v) is 8.13. The second-order valence-electron chi connectivity index (χ2n) is 7.35. The number of hydrogen-bond donors (Lipinski definition) is 0. The number of piperidine rings is 1. The molecule has 1 aliphatic heterocycles. The Balaban J connectivity index is 1.41. The van der Waals surface area contributed by atoms with Gasteiger partial charge in [0.05, 0.1) is 0 Å². The fourth-order valence-corrected chi connectivity index (χ4v) is 4.72. The van der Waals surface area contributed by atoms with E-state index in [0.717, 1.165) is 50.5 Å². The van der Waals surface area contributed by atoms with Crippen LogP contribution in [-0.2, 0) is 11.3 Å². The predicted octanol–water partition coefficient (Wildman–Crippen LogP) is 3.25. The minimum Gasteiger partial charge on any atom is -0.341 e. The molecule has 0 bridgehead atoms. The molecule has 25 heavy (non-hydrogen) atoms. The molecule has 4 rings (SSSR count). The lowest BCUT2D eigenvalue weighted by atomic mass is 9.92. The van der Waals surface area contributed by atoms with E-state index in [2.05, 4.69) is 36.6 Å². The van der Waals surface area contributed by atoms with Gasteiger partial charge in [-0.15, -0.1) is 0 Å². The predicted molar refractivity (Wildman–Crippen MR) is 99.6 cm³/mol. The lowest BCUT2D eigenvalue weighted by molar-refractivity contribution is -0.130. The third-order valence-corrected chi connectivity index (χ3v) is 6.42. The van der Waals surface area contributed by atoms with Crippen molar-refractivity contribution in [2.75, 3.05) is 18.0 Å². The largest absolute Gasteiger partial charge is 0.341 e. The van der Waals surface area contributed by atoms with E-state index in [9.17, 15) is 4.79 Å². The lowest BCUT2D eigenvalue weighted by Gasteiger charge is -2.34. The molecule has 0 unspecified atom stereocenters. The van der Waals surface area contributed by atoms with Crippen LogP contribution in [0.2, 0.25) is 0 Å². The smallest absolute Gasteiger partial charge is 0.225 e. The summed E-state index contributed by atoms with van der Waals surface area (Å²) in [5.41, 5.74) is 2.56. The number of rotatable bonds is 4. The van der Waals surface area contributed by atoms with Gasteiger partial charge in [-0.2, -0.15) is 11.3 Å². The molecule has 2 aromatic rings. The zero-order valence-corrected chi connectivity index (χ0v) is 15.6. The van der Waals surface area contributed by atoms with Crippen molar-refractivity contribution in [3.8, 4) is 0 Å². The van der Waals surface area contributed by atoms with Crippen LogP contribution in [-0.4, -0.2) is 39.9 Å². The summed E-state index contributed by atoms with van der Waals surface area (Å²) in [5, 5.41) is 4.22. The Kier molecular flexibility index (Phi) is 4.23. The SMILES string of the molecule is CC(=O)N(Cc1ccsc1)[C@@H]1CC12CCN(c1nccc(C)n1)CC2. The summed E-state index contributed by atoms with van der Waals surface area (Å²) in [5.74, 6) is 1.03. The van der Waals surface area contributed by atoms with Gasteiger partial charge in [-0.3, -0.25) is 4.79 Å². The van der Waals surface area contributed by atoms with Crippen molar-refractivity contribution in [2.24, 2.45) is 5.41 Å². The number of aromatic nitrogens is 2. The maximum atomic E-state index is 12.2. The molecule has 5 nitrogen and oxygen atoms in total. The van der Waals surface area contributed by atoms with Crippen LogP contribution in [0.15, 0.2) is 29.1 Å². The Bertz CT molecular complexity index is 753. The summed E-state index contributed by atoms with van der Waals surface area (Å²) in [4.78, 5) is 25.5. The molecule has 0 aromatic carbocycles. The normalized spacial score (nSPS) is 21.4. The van der Waals surface area contributed by atoms with Crippen LogP contribution < -0.4 is 4.90 Å². The molecule has 1 amide bonds. The number of hydrogen-bond acceptors (Lipinski definition) is 5. The van der Waals surface area contributed by atoms with Crippen molar-refractivity contribution < 1.29 is 4.79 Å². The van der Waals surface area contributed by atoms with Crippen molar-refractivity contribution in [3.05, 3.63) is 40.3 Å². The van der Waals surface area contributed by atoms with E-state index in [0.29, 0.717) is 11.5 Å². The maximum absolute atomic E-state index is 12.2. The number of amides is 1. The molecular weight excluding hydrogens is 332 g/mol. The van der Waals surface area contributed by atoms with E-state index in [1.54, 1.807) is 18.3 Å². The van der Waals surface area contributed by atoms with Crippen molar-refractivity contribution in [1.82, 2.24) is 14.9 Å². The molecule has 1 atom stereocenters. The van der Waals surface area contributed by atoms with Crippen LogP contribution in [0.1, 0.15) is 37.4 Å². The third kappa shape index (κ3) is 3.27. The Morgan fingerprint density at radius 3 is 2.84 bits per heavy atom. The minimum atomic E-state index is 0.192. The summed E-state index contributed by atoms with van der Waals surface area (Å²) in [6, 6.07) is 4.44. The number of carbonyl (C=O) groups excluding carboxylic acids is 1. The van der Waals surface area contributed by atoms with E-state index in [1.165, 1.54) is 5.56 Å². The molecule has 0 radical (unpaired) electrons. The number of carbonyl (C=O) groups is 1. The highest BCUT2D eigenvalue weighted by Gasteiger charge is 2.58. The molecule has 2 fully saturated rings. The average molecular weight is 356 g/mol. The number of nitrogens with zero attached hydrogens (tertiary/aromatic N) is 4. The van der Waals surface area contributed by atoms with Gasteiger partial charge in [0.2, 0.25) is 11.9 Å². The monoisotopic (exact) mass is 356 g/mol. The number of thiophene rings is 1. The molecule has 2 aromatic heterocycles. The topological polar surface area (TPSA) is 49.3 Å². The van der Waals surface area contributed by atoms with Crippen molar-refractivity contribution >= 4 is 23.2 Å². The molecule has 2 aliphatic rings. The molecule has 6 heteroatoms. The van der Waals surface area contributed by atoms with E-state index in [4.69, 9.17) is 0 Å². The maximum Gasteiger partial charge on any atom is 0.225 e. The highest BCUT2D eigenvalue weighted by atomic mass is 32.1. The molecule has 1 saturated heterocycles. The molecular formula is C19H24N4OS. The van der Waals surface area contributed by atoms with Gasteiger partial charge in [0.15, 0.2) is 0 Å². The highest BCUT2D eigenvalue weighted by Crippen LogP contribution is 2.57. The van der Waals surface area contributed by atoms with Gasteiger partial charge in [0.1, 0.15) is 0 Å². The first kappa shape index (κ1) is 16.5. The van der Waals surface area contributed by atoms with Gasteiger partial charge < -0.3 is 9.80 Å². The molecule has 1 saturated carbocycles. The average Bonchev–Trinajstić information content (AvgIpc) is 3.04. The quantitative estimate of drug-likeness (QED) is 0.844. The zero-order valence-electron chi connectivity index (χ0n) is 14.8. The van der Waals surface area contributed by atoms with Gasteiger partial charge in [-0.05, 0) is 60.1 Å². The van der Waals surface area contributed by atoms with Gasteiger partial charge in [-0.25, -0.2) is 9.97 Å². The van der Waals surface area contributed by atoms with E-state index >= 15 is 0 Å². The van der Waals surface area contributed by atoms with Crippen molar-refractivity contribution in [1.29, 1.82) is 0 Å². The minimum absolute atomic E-state index is 0.192. The molecule has 1 aliphatic carbocycles. The molecule has 1 spiro atoms. The van der Waals surface area contributed by atoms with Crippen molar-refractivity contribution in [2.45, 2.75) is 45.7 Å². The van der Waals surface area contributed by atoms with Crippen LogP contribution in [0, 0.1) is 12.3 Å². The lowest BCUT2D eigenvalue weighted by Crippen LogP contribution is -2.40. The highest BCUT2D eigenvalue weighted by molar-refractivity contribution is 7.07. The van der Waals surface area contributed by atoms with Gasteiger partial charge in [-0.1, -0.05) is 0 Å². The second kappa shape index (κ2) is 6.41. The van der Waals surface area contributed by atoms with E-state index in [1.807, 2.05) is 19.2 Å². The first-order valence-corrected chi connectivity index (χ1v) is 9.85. The summed E-state index contributed by atoms with van der Waals surface area (Å²) < 4.78 is 0. The number of aryl methyl sites for hydroxylation is 1. The summed E-state index contributed by atoms with van der Waals surface area (Å²) in [7, 11) is 0. The van der Waals surface area contributed by atoms with Crippen LogP contribution >= 0.6 is 11.3 Å². The van der Waals surface area contributed by atoms with E-state index < -0.39 is 0 Å². The van der Waals surface area contributed by atoms with Crippen LogP contribution in [0.5, 0.6) is 0 Å². The van der Waals surface area contributed by atoms with Crippen LogP contribution in [0.3, 0.4) is 0 Å². The standard InChI is InChI=1S/C19H24N4OS/c1-14-3-7-20-18(21-14)22-8-5-19(6-9-22)11-17(19)23(15(2)24)12-16-4-10-25-13-16/h3-4,7,10,13,17H,5-6,8-9,11-12H2,1-2H3/t17-/m1/s1. The van der Waals surface area contributed by atoms with Crippen molar-refractivity contribution in [3.63, 3.8) is 0 Å². The third-order valence-electron chi connectivity index (χ3n) is 5.68. The van der Waals surface area contributed by atoms with E-state index in [-0.39, 0.29) is 5.91 Å². The number of anilines is 1.